The molecule has 0 atom stereocenters. The zero-order chi connectivity index (χ0) is 15.4. The largest absolute Gasteiger partial charge is 0.473 e. The van der Waals surface area contributed by atoms with Crippen LogP contribution in [0.1, 0.15) is 13.8 Å². The number of rotatable bonds is 5. The van der Waals surface area contributed by atoms with E-state index >= 15 is 0 Å². The van der Waals surface area contributed by atoms with E-state index in [-0.39, 0.29) is 6.10 Å². The van der Waals surface area contributed by atoms with E-state index in [0.717, 1.165) is 11.4 Å². The van der Waals surface area contributed by atoms with Crippen molar-refractivity contribution >= 4 is 22.9 Å². The number of nitrogens with one attached hydrogen (secondary N) is 1. The molecule has 112 valence electrons. The lowest BCUT2D eigenvalue weighted by Crippen LogP contribution is -2.11. The van der Waals surface area contributed by atoms with E-state index in [1.807, 2.05) is 57.1 Å². The van der Waals surface area contributed by atoms with Crippen LogP contribution in [0.2, 0.25) is 0 Å². The van der Waals surface area contributed by atoms with Crippen LogP contribution in [0.3, 0.4) is 0 Å². The molecule has 0 unspecified atom stereocenters. The van der Waals surface area contributed by atoms with E-state index < -0.39 is 0 Å². The molecule has 3 N–H and O–H groups in total. The first-order chi connectivity index (χ1) is 9.97. The molecular weight excluding hydrogens is 266 g/mol. The van der Waals surface area contributed by atoms with Gasteiger partial charge in [-0.3, -0.25) is 0 Å². The average Bonchev–Trinajstić information content (AvgIpc) is 2.43. The first-order valence-electron chi connectivity index (χ1n) is 6.79. The molecule has 0 spiro atoms. The predicted molar refractivity (Wildman–Crippen MR) is 86.3 cm³/mol. The number of ether oxygens (including phenoxy) is 1. The van der Waals surface area contributed by atoms with Crippen LogP contribution in [0.15, 0.2) is 30.6 Å². The zero-order valence-electron chi connectivity index (χ0n) is 12.8. The summed E-state index contributed by atoms with van der Waals surface area (Å²) in [7, 11) is 3.99. The summed E-state index contributed by atoms with van der Waals surface area (Å²) in [6.07, 6.45) is 1.44. The van der Waals surface area contributed by atoms with Crippen molar-refractivity contribution < 1.29 is 4.74 Å². The van der Waals surface area contributed by atoms with E-state index in [0.29, 0.717) is 17.4 Å². The fourth-order valence-electron chi connectivity index (χ4n) is 1.79. The van der Waals surface area contributed by atoms with Crippen molar-refractivity contribution in [3.8, 4) is 5.88 Å². The number of nitrogens with two attached hydrogens (primary N) is 1. The lowest BCUT2D eigenvalue weighted by Gasteiger charge is -2.16. The standard InChI is InChI=1S/C15H21N5O/c1-10(2)21-15-13(16)14(17-9-18-15)19-11-6-5-7-12(8-11)20(3)4/h5-10H,16H2,1-4H3,(H,17,18,19). The molecule has 0 aliphatic heterocycles. The Morgan fingerprint density at radius 2 is 2.00 bits per heavy atom. The molecule has 6 heteroatoms. The Hall–Kier alpha value is -2.50. The van der Waals surface area contributed by atoms with Crippen molar-refractivity contribution in [2.75, 3.05) is 30.0 Å². The van der Waals surface area contributed by atoms with Crippen LogP contribution in [-0.4, -0.2) is 30.2 Å². The Kier molecular flexibility index (Phi) is 4.47. The highest BCUT2D eigenvalue weighted by Crippen LogP contribution is 2.29. The first-order valence-corrected chi connectivity index (χ1v) is 6.79. The van der Waals surface area contributed by atoms with Crippen LogP contribution in [0.4, 0.5) is 22.9 Å². The molecule has 6 nitrogen and oxygen atoms in total. The van der Waals surface area contributed by atoms with Gasteiger partial charge in [0.25, 0.3) is 0 Å². The zero-order valence-corrected chi connectivity index (χ0v) is 12.8. The maximum absolute atomic E-state index is 6.05. The molecule has 1 heterocycles. The molecule has 21 heavy (non-hydrogen) atoms. The van der Waals surface area contributed by atoms with Gasteiger partial charge in [0.1, 0.15) is 12.0 Å². The molecule has 1 aromatic carbocycles. The third-order valence-electron chi connectivity index (χ3n) is 2.82. The minimum atomic E-state index is 0.00659. The van der Waals surface area contributed by atoms with Crippen molar-refractivity contribution in [3.63, 3.8) is 0 Å². The van der Waals surface area contributed by atoms with Gasteiger partial charge >= 0.3 is 0 Å². The van der Waals surface area contributed by atoms with Crippen molar-refractivity contribution in [2.24, 2.45) is 0 Å². The Labute approximate surface area is 125 Å². The molecule has 1 aromatic heterocycles. The van der Waals surface area contributed by atoms with Gasteiger partial charge in [0.15, 0.2) is 5.82 Å². The molecule has 0 aliphatic carbocycles. The summed E-state index contributed by atoms with van der Waals surface area (Å²) in [5.41, 5.74) is 8.45. The molecular formula is C15H21N5O. The van der Waals surface area contributed by atoms with Gasteiger partial charge < -0.3 is 20.7 Å². The van der Waals surface area contributed by atoms with Crippen LogP contribution in [-0.2, 0) is 0 Å². The lowest BCUT2D eigenvalue weighted by atomic mass is 10.2. The number of aromatic nitrogens is 2. The van der Waals surface area contributed by atoms with Crippen LogP contribution in [0.5, 0.6) is 5.88 Å². The van der Waals surface area contributed by atoms with Crippen molar-refractivity contribution in [1.29, 1.82) is 0 Å². The molecule has 0 saturated carbocycles. The average molecular weight is 287 g/mol. The normalized spacial score (nSPS) is 10.5. The molecule has 0 fully saturated rings. The monoisotopic (exact) mass is 287 g/mol. The number of nitrogens with zero attached hydrogens (tertiary/aromatic N) is 3. The van der Waals surface area contributed by atoms with Crippen LogP contribution < -0.4 is 20.7 Å². The van der Waals surface area contributed by atoms with Crippen molar-refractivity contribution in [3.05, 3.63) is 30.6 Å². The lowest BCUT2D eigenvalue weighted by molar-refractivity contribution is 0.234. The Balaban J connectivity index is 2.25. The molecule has 0 aliphatic rings. The molecule has 2 aromatic rings. The van der Waals surface area contributed by atoms with E-state index in [2.05, 4.69) is 15.3 Å². The highest BCUT2D eigenvalue weighted by atomic mass is 16.5. The first kappa shape index (κ1) is 14.9. The fourth-order valence-corrected chi connectivity index (χ4v) is 1.79. The van der Waals surface area contributed by atoms with Crippen molar-refractivity contribution in [1.82, 2.24) is 9.97 Å². The second-order valence-corrected chi connectivity index (χ2v) is 5.18. The van der Waals surface area contributed by atoms with Gasteiger partial charge in [0.2, 0.25) is 5.88 Å². The number of hydrogen-bond donors (Lipinski definition) is 2. The van der Waals surface area contributed by atoms with Crippen LogP contribution >= 0.6 is 0 Å². The maximum atomic E-state index is 6.05. The van der Waals surface area contributed by atoms with E-state index in [1.54, 1.807) is 0 Å². The van der Waals surface area contributed by atoms with E-state index in [1.165, 1.54) is 6.33 Å². The summed E-state index contributed by atoms with van der Waals surface area (Å²) in [5, 5.41) is 3.20. The van der Waals surface area contributed by atoms with E-state index in [4.69, 9.17) is 10.5 Å². The molecule has 0 saturated heterocycles. The smallest absolute Gasteiger partial charge is 0.242 e. The van der Waals surface area contributed by atoms with Gasteiger partial charge in [-0.05, 0) is 32.0 Å². The summed E-state index contributed by atoms with van der Waals surface area (Å²) in [6.45, 7) is 3.85. The van der Waals surface area contributed by atoms with Gasteiger partial charge in [-0.25, -0.2) is 4.98 Å². The van der Waals surface area contributed by atoms with Crippen molar-refractivity contribution in [2.45, 2.75) is 20.0 Å². The third-order valence-corrected chi connectivity index (χ3v) is 2.82. The topological polar surface area (TPSA) is 76.3 Å². The van der Waals surface area contributed by atoms with Gasteiger partial charge in [0.05, 0.1) is 6.10 Å². The Morgan fingerprint density at radius 1 is 1.24 bits per heavy atom. The summed E-state index contributed by atoms with van der Waals surface area (Å²) in [4.78, 5) is 10.3. The minimum Gasteiger partial charge on any atom is -0.473 e. The van der Waals surface area contributed by atoms with Crippen LogP contribution in [0.25, 0.3) is 0 Å². The maximum Gasteiger partial charge on any atom is 0.242 e. The highest BCUT2D eigenvalue weighted by Gasteiger charge is 2.11. The second kappa shape index (κ2) is 6.30. The fraction of sp³-hybridized carbons (Fsp3) is 0.333. The highest BCUT2D eigenvalue weighted by molar-refractivity contribution is 5.73. The minimum absolute atomic E-state index is 0.00659. The number of anilines is 4. The van der Waals surface area contributed by atoms with E-state index in [9.17, 15) is 0 Å². The number of nitrogen functional groups attached to an aromatic ring is 1. The summed E-state index contributed by atoms with van der Waals surface area (Å²) < 4.78 is 5.56. The predicted octanol–water partition coefficient (Wildman–Crippen LogP) is 2.66. The summed E-state index contributed by atoms with van der Waals surface area (Å²) >= 11 is 0. The van der Waals surface area contributed by atoms with Gasteiger partial charge in [-0.2, -0.15) is 4.98 Å². The molecule has 0 bridgehead atoms. The van der Waals surface area contributed by atoms with Gasteiger partial charge in [-0.1, -0.05) is 6.07 Å². The van der Waals surface area contributed by atoms with Crippen LogP contribution in [0, 0.1) is 0 Å². The third kappa shape index (κ3) is 3.75. The van der Waals surface area contributed by atoms with Gasteiger partial charge in [-0.15, -0.1) is 0 Å². The molecule has 0 radical (unpaired) electrons. The number of hydrogen-bond acceptors (Lipinski definition) is 6. The summed E-state index contributed by atoms with van der Waals surface area (Å²) in [5.74, 6) is 0.933. The summed E-state index contributed by atoms with van der Waals surface area (Å²) in [6, 6.07) is 7.98. The Morgan fingerprint density at radius 3 is 2.67 bits per heavy atom. The molecule has 2 rings (SSSR count). The number of benzene rings is 1. The SMILES string of the molecule is CC(C)Oc1ncnc(Nc2cccc(N(C)C)c2)c1N. The quantitative estimate of drug-likeness (QED) is 0.880. The molecule has 0 amide bonds. The Bertz CT molecular complexity index is 613. The second-order valence-electron chi connectivity index (χ2n) is 5.18. The van der Waals surface area contributed by atoms with Gasteiger partial charge in [0, 0.05) is 25.5 Å².